The molecule has 14 heavy (non-hydrogen) atoms. The minimum atomic E-state index is -0.741. The van der Waals surface area contributed by atoms with Gasteiger partial charge < -0.3 is 18.9 Å². The number of carbonyl (C=O) groups excluding carboxylic acids is 1. The molecule has 0 N–H and O–H groups in total. The van der Waals surface area contributed by atoms with E-state index in [4.69, 9.17) is 18.9 Å². The fourth-order valence-electron chi connectivity index (χ4n) is 1.78. The Hall–Kier alpha value is -0.490. The summed E-state index contributed by atoms with van der Waals surface area (Å²) in [5.74, 6) is -0.830. The fourth-order valence-corrected chi connectivity index (χ4v) is 1.78. The topological polar surface area (TPSA) is 54.0 Å². The summed E-state index contributed by atoms with van der Waals surface area (Å²) in [5, 5.41) is 0. The van der Waals surface area contributed by atoms with Gasteiger partial charge in [-0.25, -0.2) is 0 Å². The Morgan fingerprint density at radius 3 is 2.79 bits per heavy atom. The molecule has 5 nitrogen and oxygen atoms in total. The summed E-state index contributed by atoms with van der Waals surface area (Å²) < 4.78 is 21.2. The number of fused-ring (bicyclic) bond motifs is 1. The van der Waals surface area contributed by atoms with Crippen LogP contribution in [0.1, 0.15) is 13.8 Å². The van der Waals surface area contributed by atoms with Crippen LogP contribution >= 0.6 is 0 Å². The zero-order chi connectivity index (χ0) is 10.3. The Kier molecular flexibility index (Phi) is 2.35. The minimum absolute atomic E-state index is 0.0269. The van der Waals surface area contributed by atoms with Crippen LogP contribution in [0.5, 0.6) is 0 Å². The molecule has 5 heteroatoms. The first-order valence-electron chi connectivity index (χ1n) is 4.56. The first kappa shape index (κ1) is 10.0. The molecule has 2 aliphatic heterocycles. The van der Waals surface area contributed by atoms with E-state index >= 15 is 0 Å². The van der Waals surface area contributed by atoms with Crippen molar-refractivity contribution < 1.29 is 23.7 Å². The molecule has 0 bridgehead atoms. The molecule has 2 heterocycles. The highest BCUT2D eigenvalue weighted by molar-refractivity contribution is 5.86. The van der Waals surface area contributed by atoms with Crippen LogP contribution in [0.25, 0.3) is 0 Å². The highest BCUT2D eigenvalue weighted by Crippen LogP contribution is 2.33. The molecule has 0 saturated carbocycles. The van der Waals surface area contributed by atoms with Crippen LogP contribution in [0.3, 0.4) is 0 Å². The lowest BCUT2D eigenvalue weighted by Crippen LogP contribution is -2.49. The second-order valence-corrected chi connectivity index (χ2v) is 3.90. The van der Waals surface area contributed by atoms with Crippen LogP contribution in [0.15, 0.2) is 0 Å². The standard InChI is InChI=1S/C9H14O5/c1-9(2)13-6-5(10)4-12-8(11-3)7(6)14-9/h6-8H,4H2,1-3H3/t6-,7-,8-/m0/s1. The van der Waals surface area contributed by atoms with Crippen molar-refractivity contribution in [1.82, 2.24) is 0 Å². The second kappa shape index (κ2) is 3.27. The average Bonchev–Trinajstić information content (AvgIpc) is 2.42. The summed E-state index contributed by atoms with van der Waals surface area (Å²) in [4.78, 5) is 11.4. The fraction of sp³-hybridized carbons (Fsp3) is 0.889. The molecule has 0 unspecified atom stereocenters. The van der Waals surface area contributed by atoms with Gasteiger partial charge in [-0.15, -0.1) is 0 Å². The summed E-state index contributed by atoms with van der Waals surface area (Å²) in [6.07, 6.45) is -1.51. The number of ketones is 1. The molecule has 2 saturated heterocycles. The van der Waals surface area contributed by atoms with Gasteiger partial charge >= 0.3 is 0 Å². The Morgan fingerprint density at radius 1 is 1.43 bits per heavy atom. The number of hydrogen-bond donors (Lipinski definition) is 0. The van der Waals surface area contributed by atoms with Crippen molar-refractivity contribution in [3.63, 3.8) is 0 Å². The predicted octanol–water partition coefficient (Wildman–Crippen LogP) is 0.0783. The van der Waals surface area contributed by atoms with E-state index in [-0.39, 0.29) is 12.4 Å². The average molecular weight is 202 g/mol. The molecule has 2 rings (SSSR count). The summed E-state index contributed by atoms with van der Waals surface area (Å²) in [5.41, 5.74) is 0. The van der Waals surface area contributed by atoms with E-state index in [0.717, 1.165) is 0 Å². The van der Waals surface area contributed by atoms with Gasteiger partial charge in [0.15, 0.2) is 24.0 Å². The molecule has 0 aromatic carbocycles. The summed E-state index contributed by atoms with van der Waals surface area (Å²) >= 11 is 0. The van der Waals surface area contributed by atoms with Crippen LogP contribution in [0, 0.1) is 0 Å². The molecule has 0 aromatic rings. The number of Topliss-reactive ketones (excluding diaryl/α,β-unsaturated/α-hetero) is 1. The van der Waals surface area contributed by atoms with E-state index in [1.807, 2.05) is 0 Å². The Bertz CT molecular complexity index is 250. The summed E-state index contributed by atoms with van der Waals surface area (Å²) in [7, 11) is 1.52. The number of carbonyl (C=O) groups is 1. The molecule has 2 fully saturated rings. The highest BCUT2D eigenvalue weighted by Gasteiger charge is 2.51. The maximum Gasteiger partial charge on any atom is 0.190 e. The number of hydrogen-bond acceptors (Lipinski definition) is 5. The first-order valence-corrected chi connectivity index (χ1v) is 4.56. The summed E-state index contributed by atoms with van der Waals surface area (Å²) in [6, 6.07) is 0. The highest BCUT2D eigenvalue weighted by atomic mass is 16.8. The molecule has 0 aromatic heterocycles. The molecule has 3 atom stereocenters. The minimum Gasteiger partial charge on any atom is -0.353 e. The molecule has 0 aliphatic carbocycles. The maximum absolute atomic E-state index is 11.4. The molecule has 2 aliphatic rings. The molecule has 0 spiro atoms. The lowest BCUT2D eigenvalue weighted by molar-refractivity contribution is -0.216. The van der Waals surface area contributed by atoms with Gasteiger partial charge in [0, 0.05) is 7.11 Å². The lowest BCUT2D eigenvalue weighted by Gasteiger charge is -2.28. The van der Waals surface area contributed by atoms with Crippen molar-refractivity contribution in [3.05, 3.63) is 0 Å². The van der Waals surface area contributed by atoms with Gasteiger partial charge in [-0.3, -0.25) is 4.79 Å². The van der Waals surface area contributed by atoms with E-state index in [1.165, 1.54) is 7.11 Å². The van der Waals surface area contributed by atoms with Gasteiger partial charge in [0.25, 0.3) is 0 Å². The predicted molar refractivity (Wildman–Crippen MR) is 45.6 cm³/mol. The molecular weight excluding hydrogens is 188 g/mol. The Morgan fingerprint density at radius 2 is 2.14 bits per heavy atom. The largest absolute Gasteiger partial charge is 0.353 e. The monoisotopic (exact) mass is 202 g/mol. The normalized spacial score (nSPS) is 41.1. The molecule has 0 amide bonds. The van der Waals surface area contributed by atoms with E-state index in [1.54, 1.807) is 13.8 Å². The second-order valence-electron chi connectivity index (χ2n) is 3.90. The third-order valence-corrected chi connectivity index (χ3v) is 2.34. The van der Waals surface area contributed by atoms with Gasteiger partial charge in [-0.05, 0) is 13.8 Å². The Labute approximate surface area is 82.3 Å². The van der Waals surface area contributed by atoms with Crippen LogP contribution < -0.4 is 0 Å². The van der Waals surface area contributed by atoms with E-state index in [2.05, 4.69) is 0 Å². The zero-order valence-corrected chi connectivity index (χ0v) is 8.48. The lowest BCUT2D eigenvalue weighted by atomic mass is 10.1. The van der Waals surface area contributed by atoms with Crippen molar-refractivity contribution in [2.75, 3.05) is 13.7 Å². The van der Waals surface area contributed by atoms with Gasteiger partial charge in [-0.1, -0.05) is 0 Å². The maximum atomic E-state index is 11.4. The molecular formula is C9H14O5. The van der Waals surface area contributed by atoms with Crippen molar-refractivity contribution in [2.24, 2.45) is 0 Å². The van der Waals surface area contributed by atoms with E-state index in [0.29, 0.717) is 0 Å². The van der Waals surface area contributed by atoms with Crippen LogP contribution in [0.2, 0.25) is 0 Å². The van der Waals surface area contributed by atoms with E-state index in [9.17, 15) is 4.79 Å². The van der Waals surface area contributed by atoms with Crippen LogP contribution in [-0.4, -0.2) is 43.8 Å². The van der Waals surface area contributed by atoms with Crippen molar-refractivity contribution in [2.45, 2.75) is 38.1 Å². The van der Waals surface area contributed by atoms with Crippen molar-refractivity contribution in [1.29, 1.82) is 0 Å². The van der Waals surface area contributed by atoms with Crippen molar-refractivity contribution >= 4 is 5.78 Å². The first-order chi connectivity index (χ1) is 6.53. The van der Waals surface area contributed by atoms with Gasteiger partial charge in [0.1, 0.15) is 12.7 Å². The third-order valence-electron chi connectivity index (χ3n) is 2.34. The number of methoxy groups -OCH3 is 1. The quantitative estimate of drug-likeness (QED) is 0.602. The summed E-state index contributed by atoms with van der Waals surface area (Å²) in [6.45, 7) is 3.57. The number of rotatable bonds is 1. The smallest absolute Gasteiger partial charge is 0.190 e. The van der Waals surface area contributed by atoms with Gasteiger partial charge in [0.2, 0.25) is 0 Å². The van der Waals surface area contributed by atoms with Crippen LogP contribution in [0.4, 0.5) is 0 Å². The SMILES string of the molecule is CO[C@H]1OCC(=O)[C@@H]2OC(C)(C)O[C@H]12. The van der Waals surface area contributed by atoms with Gasteiger partial charge in [0.05, 0.1) is 0 Å². The van der Waals surface area contributed by atoms with Crippen molar-refractivity contribution in [3.8, 4) is 0 Å². The van der Waals surface area contributed by atoms with Crippen LogP contribution in [-0.2, 0) is 23.7 Å². The molecule has 0 radical (unpaired) electrons. The zero-order valence-electron chi connectivity index (χ0n) is 8.48. The number of ether oxygens (including phenoxy) is 4. The van der Waals surface area contributed by atoms with E-state index < -0.39 is 24.3 Å². The Balaban J connectivity index is 2.18. The third kappa shape index (κ3) is 1.56. The molecule has 80 valence electrons. The van der Waals surface area contributed by atoms with Gasteiger partial charge in [-0.2, -0.15) is 0 Å².